The van der Waals surface area contributed by atoms with Crippen LogP contribution in [0.2, 0.25) is 5.02 Å². The van der Waals surface area contributed by atoms with Gasteiger partial charge >= 0.3 is 5.97 Å². The summed E-state index contributed by atoms with van der Waals surface area (Å²) in [5, 5.41) is 4.18. The van der Waals surface area contributed by atoms with E-state index in [4.69, 9.17) is 16.3 Å². The molecule has 0 spiro atoms. The molecule has 0 saturated heterocycles. The lowest BCUT2D eigenvalue weighted by Crippen LogP contribution is -2.07. The fourth-order valence-corrected chi connectivity index (χ4v) is 3.15. The lowest BCUT2D eigenvalue weighted by Gasteiger charge is -2.08. The van der Waals surface area contributed by atoms with Gasteiger partial charge in [0.1, 0.15) is 16.0 Å². The molecule has 0 aliphatic heterocycles. The zero-order valence-corrected chi connectivity index (χ0v) is 13.2. The maximum atomic E-state index is 11.8. The van der Waals surface area contributed by atoms with Gasteiger partial charge in [0, 0.05) is 0 Å². The first-order valence-electron chi connectivity index (χ1n) is 5.99. The molecule has 0 saturated carbocycles. The third-order valence-corrected chi connectivity index (χ3v) is 4.25. The van der Waals surface area contributed by atoms with Gasteiger partial charge < -0.3 is 10.1 Å². The lowest BCUT2D eigenvalue weighted by atomic mass is 10.2. The van der Waals surface area contributed by atoms with E-state index >= 15 is 0 Å². The second-order valence-electron chi connectivity index (χ2n) is 3.93. The van der Waals surface area contributed by atoms with E-state index < -0.39 is 5.97 Å². The molecule has 2 aromatic heterocycles. The van der Waals surface area contributed by atoms with Crippen molar-refractivity contribution in [1.29, 1.82) is 0 Å². The average molecular weight is 341 g/mol. The van der Waals surface area contributed by atoms with Gasteiger partial charge in [-0.1, -0.05) is 11.6 Å². The molecule has 0 radical (unpaired) electrons. The standard InChI is InChI=1S/C12H9ClN4O2S2/c1-2-19-12(18)10-11(20-5-14-10)15-8-6(13)3-4-7-9(8)17-21-16-7/h3-5,15H,2H2,1H3. The second-order valence-corrected chi connectivity index (χ2v) is 5.72. The topological polar surface area (TPSA) is 77.0 Å². The molecule has 0 fully saturated rings. The molecule has 9 heteroatoms. The summed E-state index contributed by atoms with van der Waals surface area (Å²) in [6.45, 7) is 2.04. The molecule has 0 bridgehead atoms. The number of rotatable bonds is 4. The summed E-state index contributed by atoms with van der Waals surface area (Å²) in [7, 11) is 0. The highest BCUT2D eigenvalue weighted by Gasteiger charge is 2.18. The number of fused-ring (bicyclic) bond motifs is 1. The van der Waals surface area contributed by atoms with Crippen LogP contribution in [0.25, 0.3) is 11.0 Å². The number of carbonyl (C=O) groups is 1. The number of ether oxygens (including phenoxy) is 1. The molecule has 0 aliphatic rings. The minimum Gasteiger partial charge on any atom is -0.461 e. The number of benzene rings is 1. The van der Waals surface area contributed by atoms with Crippen LogP contribution < -0.4 is 5.32 Å². The van der Waals surface area contributed by atoms with Crippen LogP contribution in [-0.4, -0.2) is 26.3 Å². The Balaban J connectivity index is 2.00. The Morgan fingerprint density at radius 1 is 1.43 bits per heavy atom. The fourth-order valence-electron chi connectivity index (χ4n) is 1.74. The Morgan fingerprint density at radius 3 is 3.10 bits per heavy atom. The molecule has 0 unspecified atom stereocenters. The molecule has 1 aromatic carbocycles. The van der Waals surface area contributed by atoms with Gasteiger partial charge in [0.05, 0.1) is 34.6 Å². The van der Waals surface area contributed by atoms with Crippen molar-refractivity contribution in [3.63, 3.8) is 0 Å². The normalized spacial score (nSPS) is 10.8. The second kappa shape index (κ2) is 5.92. The SMILES string of the molecule is CCOC(=O)c1ncsc1Nc1c(Cl)ccc2nsnc12. The van der Waals surface area contributed by atoms with E-state index in [1.807, 2.05) is 0 Å². The first kappa shape index (κ1) is 14.2. The van der Waals surface area contributed by atoms with Crippen LogP contribution >= 0.6 is 34.7 Å². The number of aromatic nitrogens is 3. The van der Waals surface area contributed by atoms with Crippen LogP contribution in [-0.2, 0) is 4.74 Å². The van der Waals surface area contributed by atoms with Crippen molar-refractivity contribution >= 4 is 62.4 Å². The number of nitrogens with one attached hydrogen (secondary N) is 1. The van der Waals surface area contributed by atoms with Crippen LogP contribution in [0.1, 0.15) is 17.4 Å². The van der Waals surface area contributed by atoms with E-state index in [1.165, 1.54) is 11.3 Å². The molecule has 0 aliphatic carbocycles. The third-order valence-electron chi connectivity index (χ3n) is 2.65. The Kier molecular flexibility index (Phi) is 4.00. The van der Waals surface area contributed by atoms with E-state index in [0.29, 0.717) is 27.8 Å². The van der Waals surface area contributed by atoms with E-state index in [0.717, 1.165) is 17.2 Å². The number of esters is 1. The van der Waals surface area contributed by atoms with Crippen molar-refractivity contribution in [3.8, 4) is 0 Å². The number of hydrogen-bond donors (Lipinski definition) is 1. The van der Waals surface area contributed by atoms with Crippen LogP contribution in [0.15, 0.2) is 17.6 Å². The van der Waals surface area contributed by atoms with Crippen LogP contribution in [0.3, 0.4) is 0 Å². The first-order valence-corrected chi connectivity index (χ1v) is 7.98. The van der Waals surface area contributed by atoms with Crippen LogP contribution in [0, 0.1) is 0 Å². The highest BCUT2D eigenvalue weighted by molar-refractivity contribution is 7.14. The minimum atomic E-state index is -0.471. The highest BCUT2D eigenvalue weighted by atomic mass is 35.5. The molecule has 0 amide bonds. The highest BCUT2D eigenvalue weighted by Crippen LogP contribution is 2.34. The molecule has 108 valence electrons. The molecule has 3 rings (SSSR count). The quantitative estimate of drug-likeness (QED) is 0.729. The monoisotopic (exact) mass is 340 g/mol. The van der Waals surface area contributed by atoms with Gasteiger partial charge in [-0.05, 0) is 19.1 Å². The average Bonchev–Trinajstić information content (AvgIpc) is 3.11. The summed E-state index contributed by atoms with van der Waals surface area (Å²) >= 11 is 8.61. The maximum absolute atomic E-state index is 11.8. The van der Waals surface area contributed by atoms with Gasteiger partial charge in [-0.25, -0.2) is 9.78 Å². The van der Waals surface area contributed by atoms with Crippen molar-refractivity contribution in [1.82, 2.24) is 13.7 Å². The largest absolute Gasteiger partial charge is 0.461 e. The number of hydrogen-bond acceptors (Lipinski definition) is 8. The summed E-state index contributed by atoms with van der Waals surface area (Å²) in [5.74, 6) is -0.471. The molecule has 21 heavy (non-hydrogen) atoms. The summed E-state index contributed by atoms with van der Waals surface area (Å²) in [4.78, 5) is 15.9. The van der Waals surface area contributed by atoms with E-state index in [-0.39, 0.29) is 5.69 Å². The Morgan fingerprint density at radius 2 is 2.29 bits per heavy atom. The van der Waals surface area contributed by atoms with Gasteiger partial charge in [0.25, 0.3) is 0 Å². The number of carbonyl (C=O) groups excluding carboxylic acids is 1. The molecule has 6 nitrogen and oxygen atoms in total. The number of halogens is 1. The first-order chi connectivity index (χ1) is 10.2. The number of nitrogens with zero attached hydrogens (tertiary/aromatic N) is 3. The predicted molar refractivity (Wildman–Crippen MR) is 83.8 cm³/mol. The van der Waals surface area contributed by atoms with Gasteiger partial charge in [-0.3, -0.25) is 0 Å². The van der Waals surface area contributed by atoms with E-state index in [9.17, 15) is 4.79 Å². The lowest BCUT2D eigenvalue weighted by molar-refractivity contribution is 0.0521. The maximum Gasteiger partial charge on any atom is 0.360 e. The zero-order valence-electron chi connectivity index (χ0n) is 10.8. The minimum absolute atomic E-state index is 0.234. The van der Waals surface area contributed by atoms with Gasteiger partial charge in [-0.15, -0.1) is 11.3 Å². The molecule has 3 aromatic rings. The van der Waals surface area contributed by atoms with Gasteiger partial charge in [-0.2, -0.15) is 8.75 Å². The zero-order chi connectivity index (χ0) is 14.8. The smallest absolute Gasteiger partial charge is 0.360 e. The van der Waals surface area contributed by atoms with Crippen molar-refractivity contribution in [2.75, 3.05) is 11.9 Å². The van der Waals surface area contributed by atoms with E-state index in [1.54, 1.807) is 24.6 Å². The predicted octanol–water partition coefficient (Wildman–Crippen LogP) is 3.72. The van der Waals surface area contributed by atoms with Gasteiger partial charge in [0.2, 0.25) is 0 Å². The van der Waals surface area contributed by atoms with Crippen LogP contribution in [0.5, 0.6) is 0 Å². The van der Waals surface area contributed by atoms with Crippen molar-refractivity contribution in [2.45, 2.75) is 6.92 Å². The summed E-state index contributed by atoms with van der Waals surface area (Å²) < 4.78 is 13.4. The summed E-state index contributed by atoms with van der Waals surface area (Å²) in [6, 6.07) is 3.53. The van der Waals surface area contributed by atoms with Gasteiger partial charge in [0.15, 0.2) is 5.69 Å². The third kappa shape index (κ3) is 2.69. The van der Waals surface area contributed by atoms with Crippen molar-refractivity contribution < 1.29 is 9.53 Å². The molecule has 2 heterocycles. The number of anilines is 2. The number of thiazole rings is 1. The Hall–Kier alpha value is -1.77. The Labute approximate surface area is 133 Å². The summed E-state index contributed by atoms with van der Waals surface area (Å²) in [6.07, 6.45) is 0. The Bertz CT molecular complexity index is 802. The van der Waals surface area contributed by atoms with Crippen molar-refractivity contribution in [3.05, 3.63) is 28.4 Å². The molecular weight excluding hydrogens is 332 g/mol. The summed E-state index contributed by atoms with van der Waals surface area (Å²) in [5.41, 5.74) is 3.82. The van der Waals surface area contributed by atoms with E-state index in [2.05, 4.69) is 19.0 Å². The fraction of sp³-hybridized carbons (Fsp3) is 0.167. The molecule has 1 N–H and O–H groups in total. The molecule has 0 atom stereocenters. The van der Waals surface area contributed by atoms with Crippen molar-refractivity contribution in [2.24, 2.45) is 0 Å². The molecular formula is C12H9ClN4O2S2. The van der Waals surface area contributed by atoms with Crippen LogP contribution in [0.4, 0.5) is 10.7 Å².